The zero-order valence-corrected chi connectivity index (χ0v) is 62.3. The van der Waals surface area contributed by atoms with Crippen LogP contribution in [0.15, 0.2) is 73.8 Å². The predicted molar refractivity (Wildman–Crippen MR) is 392 cm³/mol. The number of likely N-dealkylation sites (tertiary alicyclic amines) is 4. The maximum Gasteiger partial charge on any atom is 0.174 e. The Labute approximate surface area is 622 Å². The van der Waals surface area contributed by atoms with E-state index < -0.39 is 68.5 Å². The Morgan fingerprint density at radius 1 is 0.415 bits per heavy atom. The number of carbonyl (C=O) groups excluding carboxylic acids is 2. The summed E-state index contributed by atoms with van der Waals surface area (Å²) in [5.41, 5.74) is 7.92. The molecule has 6 N–H and O–H groups in total. The van der Waals surface area contributed by atoms with Crippen LogP contribution in [-0.2, 0) is 102 Å². The van der Waals surface area contributed by atoms with E-state index in [1.807, 2.05) is 18.2 Å². The van der Waals surface area contributed by atoms with Crippen LogP contribution in [0.5, 0.6) is 23.0 Å². The van der Waals surface area contributed by atoms with Crippen molar-refractivity contribution in [3.05, 3.63) is 141 Å². The van der Waals surface area contributed by atoms with Gasteiger partial charge in [0.2, 0.25) is 0 Å². The minimum Gasteiger partial charge on any atom is -0.486 e. The maximum atomic E-state index is 12.9. The number of hydrogen-bond donors (Lipinski definition) is 6. The summed E-state index contributed by atoms with van der Waals surface area (Å²) in [4.78, 5) is 35.5. The summed E-state index contributed by atoms with van der Waals surface area (Å²) >= 11 is 0. The second-order valence-electron chi connectivity index (χ2n) is 35.2. The summed E-state index contributed by atoms with van der Waals surface area (Å²) in [6.07, 6.45) is 17.1. The lowest BCUT2D eigenvalue weighted by Crippen LogP contribution is -2.77. The lowest BCUT2D eigenvalue weighted by atomic mass is 9.48. The number of methoxy groups -OCH3 is 4. The van der Waals surface area contributed by atoms with Gasteiger partial charge >= 0.3 is 0 Å². The highest BCUT2D eigenvalue weighted by Gasteiger charge is 2.78. The number of rotatable bonds is 16. The van der Waals surface area contributed by atoms with E-state index in [4.69, 9.17) is 37.9 Å². The van der Waals surface area contributed by atoms with E-state index >= 15 is 0 Å². The first-order valence-electron chi connectivity index (χ1n) is 40.0. The number of ether oxygens (including phenoxy) is 8. The van der Waals surface area contributed by atoms with Crippen LogP contribution in [0, 0.1) is 11.8 Å². The Hall–Kier alpha value is -5.66. The van der Waals surface area contributed by atoms with Crippen LogP contribution in [-0.4, -0.2) is 226 Å². The Morgan fingerprint density at radius 3 is 1.05 bits per heavy atom. The summed E-state index contributed by atoms with van der Waals surface area (Å²) in [7, 11) is 6.73. The van der Waals surface area contributed by atoms with E-state index in [2.05, 4.69) is 75.2 Å². The van der Waals surface area contributed by atoms with Gasteiger partial charge in [0.05, 0.1) is 82.7 Å². The number of nitrogens with zero attached hydrogens (tertiary/aromatic N) is 4. The molecule has 0 unspecified atom stereocenters. The van der Waals surface area contributed by atoms with Crippen molar-refractivity contribution in [2.45, 2.75) is 260 Å². The van der Waals surface area contributed by atoms with Crippen LogP contribution in [0.25, 0.3) is 0 Å². The fourth-order valence-electron chi connectivity index (χ4n) is 25.9. The topological polar surface area (TPSA) is 242 Å². The van der Waals surface area contributed by atoms with Gasteiger partial charge in [0.25, 0.3) is 0 Å². The minimum absolute atomic E-state index is 0.000162. The predicted octanol–water partition coefficient (Wildman–Crippen LogP) is 7.00. The van der Waals surface area contributed by atoms with Crippen LogP contribution in [0.4, 0.5) is 0 Å². The average Bonchev–Trinajstić information content (AvgIpc) is 1.45. The van der Waals surface area contributed by atoms with E-state index in [0.29, 0.717) is 77.8 Å². The molecule has 10 fully saturated rings. The molecule has 568 valence electrons. The van der Waals surface area contributed by atoms with Crippen molar-refractivity contribution >= 4 is 11.6 Å². The van der Waals surface area contributed by atoms with Crippen molar-refractivity contribution in [2.75, 3.05) is 80.8 Å². The molecule has 0 radical (unpaired) electrons. The standard InChI is InChI=1S/C22H29NO4.C22H27NO4.C21H27NO4.C21H25NO4/c2*1-26-12-15-5-4-14-10-17-22(25)7-6-16(24)20-21(22,18(14)19(15)27-20)8-9-23(17)11-13-2-3-13;2*1-3-9-22-10-8-20-17-13-4-5-14(12-25-2)18(17)26-19(20)15(23)6-7-21(20,24)16(22)11-13/h4-5,13,16-17,20,24-25H,2-3,6-12H2,1H3;4-5,13,17,20,25H,2-3,6-12H2,1H3;3-5,15-16,19,23-24H,1,6-12H2,2H3;3-5,16,19,24H,1,6-12H2,2H3/t16-,17-,20+,21+,22-;17-,20+,21+,22-;15-,16-,19+,20+,21-;16-,19+,20+,21-/m1111/s1. The molecule has 106 heavy (non-hydrogen) atoms. The monoisotopic (exact) mass is 1450 g/mol. The molecule has 22 rings (SSSR count). The molecule has 18 aliphatic rings. The molecule has 20 nitrogen and oxygen atoms in total. The smallest absolute Gasteiger partial charge is 0.174 e. The van der Waals surface area contributed by atoms with E-state index in [0.717, 1.165) is 178 Å². The third-order valence-corrected chi connectivity index (χ3v) is 30.5. The molecule has 4 aromatic rings. The van der Waals surface area contributed by atoms with Crippen LogP contribution >= 0.6 is 0 Å². The number of carbonyl (C=O) groups is 2. The van der Waals surface area contributed by atoms with Gasteiger partial charge in [0, 0.05) is 143 Å². The van der Waals surface area contributed by atoms with Crippen molar-refractivity contribution in [1.82, 2.24) is 19.6 Å². The summed E-state index contributed by atoms with van der Waals surface area (Å²) in [5.74, 6) is 5.23. The van der Waals surface area contributed by atoms with Gasteiger partial charge in [0.15, 0.2) is 23.8 Å². The lowest BCUT2D eigenvalue weighted by molar-refractivity contribution is -0.208. The summed E-state index contributed by atoms with van der Waals surface area (Å²) in [6, 6.07) is 17.3. The van der Waals surface area contributed by atoms with Crippen LogP contribution in [0.3, 0.4) is 0 Å². The third kappa shape index (κ3) is 9.43. The van der Waals surface area contributed by atoms with Crippen LogP contribution in [0.1, 0.15) is 169 Å². The van der Waals surface area contributed by atoms with Crippen LogP contribution < -0.4 is 18.9 Å². The minimum atomic E-state index is -0.934. The van der Waals surface area contributed by atoms with Gasteiger partial charge in [-0.1, -0.05) is 60.7 Å². The third-order valence-electron chi connectivity index (χ3n) is 30.5. The molecule has 4 saturated heterocycles. The van der Waals surface area contributed by atoms with Gasteiger partial charge in [-0.3, -0.25) is 29.2 Å². The first-order valence-corrected chi connectivity index (χ1v) is 40.0. The molecule has 10 aliphatic carbocycles. The molecule has 8 aliphatic heterocycles. The van der Waals surface area contributed by atoms with Gasteiger partial charge in [-0.05, 0) is 169 Å². The average molecular weight is 1450 g/mol. The van der Waals surface area contributed by atoms with Crippen molar-refractivity contribution in [2.24, 2.45) is 11.8 Å². The molecule has 20 heteroatoms. The number of aliphatic hydroxyl groups excluding tert-OH is 2. The fraction of sp³-hybridized carbons (Fsp3) is 0.651. The molecule has 8 bridgehead atoms. The number of Topliss-reactive ketones (excluding diaryl/α,β-unsaturated/α-hetero) is 2. The highest BCUT2D eigenvalue weighted by Crippen LogP contribution is 2.70. The van der Waals surface area contributed by atoms with Gasteiger partial charge in [0.1, 0.15) is 35.2 Å². The second kappa shape index (κ2) is 25.4. The highest BCUT2D eigenvalue weighted by atomic mass is 16.5. The molecule has 4 spiro atoms. The number of hydrogen-bond acceptors (Lipinski definition) is 20. The zero-order valence-electron chi connectivity index (χ0n) is 62.3. The first-order chi connectivity index (χ1) is 51.3. The SMILES string of the molecule is C=CCN1CC[C@]23c4c5ccc(COC)c4O[C@H]2C(=O)CC[C@@]3(O)[C@H]1C5.C=CCN1CC[C@]23c4c5ccc(COC)c4O[C@H]2[C@H](O)CC[C@@]3(O)[C@H]1C5.COCc1ccc2c3c1O[C@H]1C(=O)CC[C@@]4(O)[C@@H](C2)N(CC2CC2)CC[C@]314.COCc1ccc2c3c1O[C@H]1[C@H](O)CC[C@@]4(O)[C@@H](C2)N(CC2CC2)CC[C@]314. The van der Waals surface area contributed by atoms with Gasteiger partial charge in [-0.15, -0.1) is 13.2 Å². The summed E-state index contributed by atoms with van der Waals surface area (Å²) < 4.78 is 47.0. The molecule has 18 atom stereocenters. The number of aliphatic hydroxyl groups is 6. The van der Waals surface area contributed by atoms with Gasteiger partial charge in [-0.2, -0.15) is 0 Å². The quantitative estimate of drug-likeness (QED) is 0.0619. The van der Waals surface area contributed by atoms with Gasteiger partial charge in [-0.25, -0.2) is 0 Å². The Morgan fingerprint density at radius 2 is 0.717 bits per heavy atom. The molecular formula is C86H108N4O16. The van der Waals surface area contributed by atoms with Crippen LogP contribution in [0.2, 0.25) is 0 Å². The van der Waals surface area contributed by atoms with Gasteiger partial charge < -0.3 is 68.5 Å². The van der Waals surface area contributed by atoms with Crippen molar-refractivity contribution in [1.29, 1.82) is 0 Å². The Bertz CT molecular complexity index is 4260. The summed E-state index contributed by atoms with van der Waals surface area (Å²) in [6.45, 7) is 17.1. The van der Waals surface area contributed by atoms with Crippen molar-refractivity contribution in [3.63, 3.8) is 0 Å². The lowest BCUT2D eigenvalue weighted by Gasteiger charge is -2.63. The van der Waals surface area contributed by atoms with E-state index in [-0.39, 0.29) is 47.9 Å². The van der Waals surface area contributed by atoms with E-state index in [9.17, 15) is 40.2 Å². The molecular weight excluding hydrogens is 1340 g/mol. The Balaban J connectivity index is 0.0000000967. The largest absolute Gasteiger partial charge is 0.486 e. The number of piperidine rings is 4. The second-order valence-corrected chi connectivity index (χ2v) is 35.2. The zero-order chi connectivity index (χ0) is 73.0. The summed E-state index contributed by atoms with van der Waals surface area (Å²) in [5, 5.41) is 70.1. The molecule has 6 saturated carbocycles. The molecule has 8 heterocycles. The van der Waals surface area contributed by atoms with E-state index in [1.165, 1.54) is 53.5 Å². The van der Waals surface area contributed by atoms with E-state index in [1.54, 1.807) is 28.4 Å². The maximum absolute atomic E-state index is 12.9. The van der Waals surface area contributed by atoms with Crippen molar-refractivity contribution in [3.8, 4) is 23.0 Å². The Kier molecular flexibility index (Phi) is 17.0. The molecule has 4 aromatic carbocycles. The highest BCUT2D eigenvalue weighted by molar-refractivity contribution is 5.91. The fourth-order valence-corrected chi connectivity index (χ4v) is 25.9. The number of benzene rings is 4. The normalized spacial score (nSPS) is 39.6. The van der Waals surface area contributed by atoms with Crippen molar-refractivity contribution < 1.29 is 78.1 Å². The molecule has 0 amide bonds. The first kappa shape index (κ1) is 70.7. The number of ketones is 2. The molecule has 0 aromatic heterocycles.